The van der Waals surface area contributed by atoms with E-state index in [9.17, 15) is 0 Å². The third-order valence-corrected chi connectivity index (χ3v) is 4.57. The van der Waals surface area contributed by atoms with Crippen LogP contribution in [0.2, 0.25) is 0 Å². The number of halogens is 1. The monoisotopic (exact) mass is 309 g/mol. The van der Waals surface area contributed by atoms with Crippen molar-refractivity contribution in [1.82, 2.24) is 5.32 Å². The van der Waals surface area contributed by atoms with Crippen LogP contribution in [0, 0.1) is 11.8 Å². The Morgan fingerprint density at radius 3 is 2.89 bits per heavy atom. The van der Waals surface area contributed by atoms with Crippen molar-refractivity contribution >= 4 is 15.9 Å². The van der Waals surface area contributed by atoms with E-state index in [0.29, 0.717) is 6.04 Å². The Bertz CT molecular complexity index is 377. The molecule has 1 saturated carbocycles. The zero-order valence-electron chi connectivity index (χ0n) is 11.5. The van der Waals surface area contributed by atoms with Gasteiger partial charge in [-0.1, -0.05) is 54.8 Å². The molecule has 0 amide bonds. The van der Waals surface area contributed by atoms with Gasteiger partial charge in [0.15, 0.2) is 0 Å². The summed E-state index contributed by atoms with van der Waals surface area (Å²) in [6.45, 7) is 5.65. The van der Waals surface area contributed by atoms with Gasteiger partial charge in [-0.05, 0) is 48.9 Å². The van der Waals surface area contributed by atoms with E-state index in [4.69, 9.17) is 0 Å². The molecule has 2 rings (SSSR count). The van der Waals surface area contributed by atoms with Crippen LogP contribution < -0.4 is 5.32 Å². The summed E-state index contributed by atoms with van der Waals surface area (Å²) in [7, 11) is 0. The summed E-state index contributed by atoms with van der Waals surface area (Å²) in [5, 5.41) is 3.70. The summed E-state index contributed by atoms with van der Waals surface area (Å²) < 4.78 is 1.19. The molecule has 1 fully saturated rings. The molecule has 0 aromatic heterocycles. The first-order valence-electron chi connectivity index (χ1n) is 7.19. The summed E-state index contributed by atoms with van der Waals surface area (Å²) in [6, 6.07) is 9.31. The molecule has 0 aliphatic heterocycles. The second-order valence-electron chi connectivity index (χ2n) is 5.62. The van der Waals surface area contributed by atoms with Crippen molar-refractivity contribution in [3.63, 3.8) is 0 Å². The van der Waals surface area contributed by atoms with Gasteiger partial charge < -0.3 is 5.32 Å². The standard InChI is InChI=1S/C16H24BrN/c1-3-18-16(13-7-4-6-12(2)10-13)14-8-5-9-15(17)11-14/h5,8-9,11-13,16,18H,3-4,6-7,10H2,1-2H3. The summed E-state index contributed by atoms with van der Waals surface area (Å²) in [4.78, 5) is 0. The fourth-order valence-corrected chi connectivity index (χ4v) is 3.68. The van der Waals surface area contributed by atoms with E-state index in [0.717, 1.165) is 18.4 Å². The van der Waals surface area contributed by atoms with Crippen molar-refractivity contribution in [2.24, 2.45) is 11.8 Å². The lowest BCUT2D eigenvalue weighted by Crippen LogP contribution is -2.31. The van der Waals surface area contributed by atoms with Crippen molar-refractivity contribution in [3.05, 3.63) is 34.3 Å². The number of nitrogens with one attached hydrogen (secondary N) is 1. The number of hydrogen-bond acceptors (Lipinski definition) is 1. The Balaban J connectivity index is 2.16. The van der Waals surface area contributed by atoms with Crippen LogP contribution in [-0.4, -0.2) is 6.54 Å². The minimum atomic E-state index is 0.523. The highest BCUT2D eigenvalue weighted by Gasteiger charge is 2.27. The van der Waals surface area contributed by atoms with Crippen LogP contribution in [0.3, 0.4) is 0 Å². The lowest BCUT2D eigenvalue weighted by molar-refractivity contribution is 0.225. The molecule has 100 valence electrons. The first-order chi connectivity index (χ1) is 8.70. The van der Waals surface area contributed by atoms with Gasteiger partial charge in [-0.15, -0.1) is 0 Å². The molecule has 1 N–H and O–H groups in total. The quantitative estimate of drug-likeness (QED) is 0.832. The lowest BCUT2D eigenvalue weighted by Gasteiger charge is -2.34. The predicted octanol–water partition coefficient (Wildman–Crippen LogP) is 4.93. The molecule has 1 nitrogen and oxygen atoms in total. The van der Waals surface area contributed by atoms with Gasteiger partial charge in [-0.25, -0.2) is 0 Å². The van der Waals surface area contributed by atoms with Crippen molar-refractivity contribution in [2.45, 2.75) is 45.6 Å². The van der Waals surface area contributed by atoms with Crippen molar-refractivity contribution in [2.75, 3.05) is 6.54 Å². The molecule has 0 heterocycles. The number of rotatable bonds is 4. The molecule has 1 aliphatic carbocycles. The van der Waals surface area contributed by atoms with Gasteiger partial charge in [-0.3, -0.25) is 0 Å². The normalized spacial score (nSPS) is 25.9. The number of hydrogen-bond donors (Lipinski definition) is 1. The summed E-state index contributed by atoms with van der Waals surface area (Å²) in [6.07, 6.45) is 5.54. The van der Waals surface area contributed by atoms with E-state index in [1.165, 1.54) is 35.7 Å². The molecule has 2 heteroatoms. The first kappa shape index (κ1) is 14.1. The summed E-state index contributed by atoms with van der Waals surface area (Å²) >= 11 is 3.59. The molecule has 1 aliphatic rings. The molecule has 1 aromatic rings. The second kappa shape index (κ2) is 6.72. The average molecular weight is 310 g/mol. The topological polar surface area (TPSA) is 12.0 Å². The van der Waals surface area contributed by atoms with E-state index < -0.39 is 0 Å². The van der Waals surface area contributed by atoms with Crippen molar-refractivity contribution in [1.29, 1.82) is 0 Å². The Hall–Kier alpha value is -0.340. The van der Waals surface area contributed by atoms with Crippen LogP contribution in [0.15, 0.2) is 28.7 Å². The van der Waals surface area contributed by atoms with E-state index in [1.807, 2.05) is 0 Å². The molecule has 0 radical (unpaired) electrons. The average Bonchev–Trinajstić information content (AvgIpc) is 2.36. The molecule has 3 unspecified atom stereocenters. The van der Waals surface area contributed by atoms with Crippen LogP contribution in [0.5, 0.6) is 0 Å². The van der Waals surface area contributed by atoms with Gasteiger partial charge in [-0.2, -0.15) is 0 Å². The minimum absolute atomic E-state index is 0.523. The van der Waals surface area contributed by atoms with Crippen LogP contribution >= 0.6 is 15.9 Å². The largest absolute Gasteiger partial charge is 0.310 e. The van der Waals surface area contributed by atoms with Crippen LogP contribution in [-0.2, 0) is 0 Å². The second-order valence-corrected chi connectivity index (χ2v) is 6.54. The SMILES string of the molecule is CCNC(c1cccc(Br)c1)C1CCCC(C)C1. The van der Waals surface area contributed by atoms with Gasteiger partial charge in [0, 0.05) is 10.5 Å². The van der Waals surface area contributed by atoms with Crippen LogP contribution in [0.4, 0.5) is 0 Å². The van der Waals surface area contributed by atoms with Crippen molar-refractivity contribution < 1.29 is 0 Å². The molecule has 1 aromatic carbocycles. The van der Waals surface area contributed by atoms with Crippen LogP contribution in [0.1, 0.15) is 51.1 Å². The highest BCUT2D eigenvalue weighted by atomic mass is 79.9. The molecule has 0 spiro atoms. The van der Waals surface area contributed by atoms with E-state index >= 15 is 0 Å². The Labute approximate surface area is 119 Å². The fourth-order valence-electron chi connectivity index (χ4n) is 3.26. The Kier molecular flexibility index (Phi) is 5.25. The highest BCUT2D eigenvalue weighted by molar-refractivity contribution is 9.10. The number of benzene rings is 1. The minimum Gasteiger partial charge on any atom is -0.310 e. The summed E-state index contributed by atoms with van der Waals surface area (Å²) in [5.74, 6) is 1.68. The van der Waals surface area contributed by atoms with Gasteiger partial charge in [0.05, 0.1) is 0 Å². The van der Waals surface area contributed by atoms with E-state index in [-0.39, 0.29) is 0 Å². The summed E-state index contributed by atoms with van der Waals surface area (Å²) in [5.41, 5.74) is 1.44. The third-order valence-electron chi connectivity index (χ3n) is 4.08. The maximum absolute atomic E-state index is 3.70. The molecule has 0 saturated heterocycles. The van der Waals surface area contributed by atoms with Crippen LogP contribution in [0.25, 0.3) is 0 Å². The highest BCUT2D eigenvalue weighted by Crippen LogP contribution is 2.37. The molecular weight excluding hydrogens is 286 g/mol. The third kappa shape index (κ3) is 3.58. The first-order valence-corrected chi connectivity index (χ1v) is 7.99. The molecule has 0 bridgehead atoms. The van der Waals surface area contributed by atoms with Gasteiger partial charge >= 0.3 is 0 Å². The van der Waals surface area contributed by atoms with Gasteiger partial charge in [0.2, 0.25) is 0 Å². The van der Waals surface area contributed by atoms with Gasteiger partial charge in [0.1, 0.15) is 0 Å². The van der Waals surface area contributed by atoms with E-state index in [2.05, 4.69) is 59.4 Å². The zero-order chi connectivity index (χ0) is 13.0. The predicted molar refractivity (Wildman–Crippen MR) is 81.7 cm³/mol. The maximum Gasteiger partial charge on any atom is 0.0349 e. The smallest absolute Gasteiger partial charge is 0.0349 e. The zero-order valence-corrected chi connectivity index (χ0v) is 13.0. The Morgan fingerprint density at radius 1 is 1.39 bits per heavy atom. The van der Waals surface area contributed by atoms with Crippen molar-refractivity contribution in [3.8, 4) is 0 Å². The van der Waals surface area contributed by atoms with Gasteiger partial charge in [0.25, 0.3) is 0 Å². The molecular formula is C16H24BrN. The molecule has 3 atom stereocenters. The Morgan fingerprint density at radius 2 is 2.22 bits per heavy atom. The maximum atomic E-state index is 3.70. The lowest BCUT2D eigenvalue weighted by atomic mass is 9.76. The molecule has 18 heavy (non-hydrogen) atoms. The van der Waals surface area contributed by atoms with E-state index in [1.54, 1.807) is 0 Å². The fraction of sp³-hybridized carbons (Fsp3) is 0.625.